The zero-order valence-electron chi connectivity index (χ0n) is 13.4. The Morgan fingerprint density at radius 3 is 2.48 bits per heavy atom. The summed E-state index contributed by atoms with van der Waals surface area (Å²) in [6.45, 7) is 7.82. The van der Waals surface area contributed by atoms with Gasteiger partial charge in [0, 0.05) is 29.3 Å². The van der Waals surface area contributed by atoms with Crippen LogP contribution in [0.4, 0.5) is 0 Å². The third kappa shape index (κ3) is 3.15. The number of amides is 1. The monoisotopic (exact) mass is 306 g/mol. The van der Waals surface area contributed by atoms with Gasteiger partial charge in [-0.2, -0.15) is 0 Å². The average molecular weight is 306 g/mol. The highest BCUT2D eigenvalue weighted by atomic mass is 32.1. The minimum absolute atomic E-state index is 0.257. The molecule has 2 aliphatic rings. The number of carbonyl (C=O) groups is 1. The van der Waals surface area contributed by atoms with E-state index in [1.807, 2.05) is 37.0 Å². The van der Waals surface area contributed by atoms with E-state index < -0.39 is 0 Å². The predicted molar refractivity (Wildman–Crippen MR) is 86.8 cm³/mol. The molecule has 1 aromatic rings. The topological polar surface area (TPSA) is 33.2 Å². The summed E-state index contributed by atoms with van der Waals surface area (Å²) in [5, 5.41) is 1.34. The molecule has 3 nitrogen and oxygen atoms in total. The number of piperidine rings is 1. The van der Waals surface area contributed by atoms with E-state index >= 15 is 0 Å². The number of carbonyl (C=O) groups excluding carboxylic acids is 1. The van der Waals surface area contributed by atoms with Crippen molar-refractivity contribution in [2.75, 3.05) is 13.1 Å². The molecule has 0 N–H and O–H groups in total. The predicted octanol–water partition coefficient (Wildman–Crippen LogP) is 3.77. The summed E-state index contributed by atoms with van der Waals surface area (Å²) >= 11 is 1.94. The van der Waals surface area contributed by atoms with Gasteiger partial charge in [-0.3, -0.25) is 4.79 Å². The van der Waals surface area contributed by atoms with Gasteiger partial charge < -0.3 is 4.90 Å². The minimum Gasteiger partial charge on any atom is -0.342 e. The lowest BCUT2D eigenvalue weighted by Crippen LogP contribution is -2.43. The number of thiazole rings is 1. The summed E-state index contributed by atoms with van der Waals surface area (Å²) < 4.78 is 0. The van der Waals surface area contributed by atoms with Gasteiger partial charge in [-0.1, -0.05) is 20.8 Å². The highest BCUT2D eigenvalue weighted by Gasteiger charge is 2.32. The Morgan fingerprint density at radius 2 is 1.86 bits per heavy atom. The van der Waals surface area contributed by atoms with E-state index in [1.165, 1.54) is 41.3 Å². The molecule has 0 spiro atoms. The maximum Gasteiger partial charge on any atom is 0.227 e. The second-order valence-corrected chi connectivity index (χ2v) is 8.56. The van der Waals surface area contributed by atoms with Gasteiger partial charge in [0.1, 0.15) is 0 Å². The molecule has 2 heterocycles. The van der Waals surface area contributed by atoms with Crippen molar-refractivity contribution < 1.29 is 4.79 Å². The quantitative estimate of drug-likeness (QED) is 0.791. The van der Waals surface area contributed by atoms with Crippen molar-refractivity contribution in [2.45, 2.75) is 65.2 Å². The van der Waals surface area contributed by atoms with Crippen LogP contribution in [0.25, 0.3) is 0 Å². The summed E-state index contributed by atoms with van der Waals surface area (Å²) in [4.78, 5) is 20.8. The van der Waals surface area contributed by atoms with Crippen molar-refractivity contribution in [3.8, 4) is 0 Å². The minimum atomic E-state index is -0.257. The summed E-state index contributed by atoms with van der Waals surface area (Å²) in [7, 11) is 0. The van der Waals surface area contributed by atoms with Gasteiger partial charge in [-0.15, -0.1) is 11.3 Å². The number of fused-ring (bicyclic) bond motifs is 1. The van der Waals surface area contributed by atoms with Crippen LogP contribution in [0.1, 0.15) is 68.0 Å². The molecule has 0 aromatic carbocycles. The van der Waals surface area contributed by atoms with Crippen molar-refractivity contribution in [3.63, 3.8) is 0 Å². The first kappa shape index (κ1) is 15.0. The van der Waals surface area contributed by atoms with E-state index in [0.29, 0.717) is 11.8 Å². The maximum atomic E-state index is 12.3. The van der Waals surface area contributed by atoms with Gasteiger partial charge in [0.25, 0.3) is 0 Å². The SMILES string of the molecule is CC(C)(C)C(=O)N1CCC(c2nc3c(s2)CCCC3)CC1. The Morgan fingerprint density at radius 1 is 1.19 bits per heavy atom. The molecule has 0 bridgehead atoms. The van der Waals surface area contributed by atoms with Crippen LogP contribution in [0.3, 0.4) is 0 Å². The fourth-order valence-electron chi connectivity index (χ4n) is 3.35. The van der Waals surface area contributed by atoms with Gasteiger partial charge in [-0.05, 0) is 38.5 Å². The summed E-state index contributed by atoms with van der Waals surface area (Å²) in [5.74, 6) is 0.865. The van der Waals surface area contributed by atoms with Crippen molar-refractivity contribution in [2.24, 2.45) is 5.41 Å². The Balaban J connectivity index is 1.63. The molecule has 0 unspecified atom stereocenters. The van der Waals surface area contributed by atoms with Gasteiger partial charge >= 0.3 is 0 Å². The zero-order valence-corrected chi connectivity index (χ0v) is 14.3. The molecule has 1 aliphatic heterocycles. The van der Waals surface area contributed by atoms with Crippen molar-refractivity contribution in [1.82, 2.24) is 9.88 Å². The van der Waals surface area contributed by atoms with Crippen LogP contribution < -0.4 is 0 Å². The smallest absolute Gasteiger partial charge is 0.227 e. The van der Waals surface area contributed by atoms with Gasteiger partial charge in [0.05, 0.1) is 10.7 Å². The average Bonchev–Trinajstić information content (AvgIpc) is 2.89. The number of aromatic nitrogens is 1. The Kier molecular flexibility index (Phi) is 4.08. The molecule has 116 valence electrons. The van der Waals surface area contributed by atoms with E-state index in [9.17, 15) is 4.79 Å². The zero-order chi connectivity index (χ0) is 15.0. The molecule has 1 saturated heterocycles. The molecule has 1 fully saturated rings. The van der Waals surface area contributed by atoms with Crippen LogP contribution in [-0.2, 0) is 17.6 Å². The number of nitrogens with zero attached hydrogens (tertiary/aromatic N) is 2. The largest absolute Gasteiger partial charge is 0.342 e. The van der Waals surface area contributed by atoms with Crippen molar-refractivity contribution in [1.29, 1.82) is 0 Å². The number of likely N-dealkylation sites (tertiary alicyclic amines) is 1. The maximum absolute atomic E-state index is 12.3. The third-order valence-corrected chi connectivity index (χ3v) is 5.96. The van der Waals surface area contributed by atoms with Gasteiger partial charge in [0.15, 0.2) is 0 Å². The Hall–Kier alpha value is -0.900. The second kappa shape index (κ2) is 5.71. The highest BCUT2D eigenvalue weighted by molar-refractivity contribution is 7.11. The molecule has 21 heavy (non-hydrogen) atoms. The first-order chi connectivity index (χ1) is 9.95. The highest BCUT2D eigenvalue weighted by Crippen LogP contribution is 2.36. The Labute approximate surface area is 131 Å². The van der Waals surface area contributed by atoms with Gasteiger partial charge in [0.2, 0.25) is 5.91 Å². The first-order valence-corrected chi connectivity index (χ1v) is 9.04. The second-order valence-electron chi connectivity index (χ2n) is 7.45. The van der Waals surface area contributed by atoms with Crippen LogP contribution in [0, 0.1) is 5.41 Å². The summed E-state index contributed by atoms with van der Waals surface area (Å²) in [6, 6.07) is 0. The van der Waals surface area contributed by atoms with E-state index in [-0.39, 0.29) is 5.41 Å². The molecule has 1 aliphatic carbocycles. The third-order valence-electron chi connectivity index (χ3n) is 4.64. The molecule has 1 aromatic heterocycles. The normalized spacial score (nSPS) is 20.4. The molecule has 4 heteroatoms. The van der Waals surface area contributed by atoms with Crippen LogP contribution >= 0.6 is 11.3 Å². The number of aryl methyl sites for hydroxylation is 2. The molecule has 0 atom stereocenters. The standard InChI is InChI=1S/C17H26N2OS/c1-17(2,3)16(20)19-10-8-12(9-11-19)15-18-13-6-4-5-7-14(13)21-15/h12H,4-11H2,1-3H3. The lowest BCUT2D eigenvalue weighted by molar-refractivity contribution is -0.140. The summed E-state index contributed by atoms with van der Waals surface area (Å²) in [5.41, 5.74) is 1.11. The molecule has 3 rings (SSSR count). The van der Waals surface area contributed by atoms with E-state index in [2.05, 4.69) is 0 Å². The van der Waals surface area contributed by atoms with Gasteiger partial charge in [-0.25, -0.2) is 4.98 Å². The lowest BCUT2D eigenvalue weighted by Gasteiger charge is -2.35. The molecular formula is C17H26N2OS. The number of hydrogen-bond acceptors (Lipinski definition) is 3. The van der Waals surface area contributed by atoms with Crippen LogP contribution in [0.5, 0.6) is 0 Å². The van der Waals surface area contributed by atoms with Crippen LogP contribution in [-0.4, -0.2) is 28.9 Å². The fraction of sp³-hybridized carbons (Fsp3) is 0.765. The first-order valence-electron chi connectivity index (χ1n) is 8.23. The number of hydrogen-bond donors (Lipinski definition) is 0. The van der Waals surface area contributed by atoms with E-state index in [0.717, 1.165) is 25.9 Å². The molecule has 0 radical (unpaired) electrons. The van der Waals surface area contributed by atoms with Crippen molar-refractivity contribution >= 4 is 17.2 Å². The lowest BCUT2D eigenvalue weighted by atomic mass is 9.91. The molecular weight excluding hydrogens is 280 g/mol. The molecule has 1 amide bonds. The van der Waals surface area contributed by atoms with E-state index in [1.54, 1.807) is 0 Å². The Bertz CT molecular complexity index is 498. The van der Waals surface area contributed by atoms with Crippen LogP contribution in [0.15, 0.2) is 0 Å². The van der Waals surface area contributed by atoms with Crippen LogP contribution in [0.2, 0.25) is 0 Å². The molecule has 0 saturated carbocycles. The fourth-order valence-corrected chi connectivity index (χ4v) is 4.67. The number of rotatable bonds is 1. The summed E-state index contributed by atoms with van der Waals surface area (Å²) in [6.07, 6.45) is 7.19. The van der Waals surface area contributed by atoms with Crippen molar-refractivity contribution in [3.05, 3.63) is 15.6 Å². The van der Waals surface area contributed by atoms with E-state index in [4.69, 9.17) is 4.98 Å².